The number of ketones is 1. The fraction of sp³-hybridized carbons (Fsp3) is 0.528. The Morgan fingerprint density at radius 3 is 2.11 bits per heavy atom. The molecule has 4 aliphatic carbocycles. The van der Waals surface area contributed by atoms with Crippen LogP contribution in [0.2, 0.25) is 0 Å². The average molecular weight is 759 g/mol. The van der Waals surface area contributed by atoms with Gasteiger partial charge in [0.1, 0.15) is 5.92 Å². The summed E-state index contributed by atoms with van der Waals surface area (Å²) in [5, 5.41) is 3.42. The first kappa shape index (κ1) is 34.6. The fourth-order valence-corrected chi connectivity index (χ4v) is 9.40. The quantitative estimate of drug-likeness (QED) is 0.107. The highest BCUT2D eigenvalue weighted by molar-refractivity contribution is 9.10. The zero-order valence-corrected chi connectivity index (χ0v) is 31.0. The molecule has 1 heterocycles. The van der Waals surface area contributed by atoms with Gasteiger partial charge in [0, 0.05) is 36.7 Å². The molecule has 1 aromatic heterocycles. The molecule has 0 saturated heterocycles. The number of halogens is 2. The SMILES string of the molecule is CC1(C)[C@@H]2CC[C@@]1(C)c1[nH]n(-c3cccc(Br)c3)c(=O)c12.CCOC(=O)C1C(=O)[C@]2(C)CC[C@H]1C2(C)C.NNc1cccc(Br)c1. The summed E-state index contributed by atoms with van der Waals surface area (Å²) in [6, 6.07) is 15.5. The number of aromatic nitrogens is 2. The molecule has 3 saturated carbocycles. The largest absolute Gasteiger partial charge is 0.465 e. The van der Waals surface area contributed by atoms with Crippen molar-refractivity contribution in [1.82, 2.24) is 9.78 Å². The van der Waals surface area contributed by atoms with Crippen molar-refractivity contribution in [2.75, 3.05) is 12.0 Å². The number of carbonyl (C=O) groups excluding carboxylic acids is 2. The number of aromatic amines is 1. The third kappa shape index (κ3) is 5.32. The lowest BCUT2D eigenvalue weighted by atomic mass is 9.70. The van der Waals surface area contributed by atoms with Gasteiger partial charge in [0.25, 0.3) is 5.56 Å². The molecule has 4 N–H and O–H groups in total. The Balaban J connectivity index is 0.000000147. The lowest BCUT2D eigenvalue weighted by molar-refractivity contribution is -0.154. The molecule has 3 fully saturated rings. The van der Waals surface area contributed by atoms with Gasteiger partial charge in [0.15, 0.2) is 5.78 Å². The number of hydrazine groups is 1. The number of ether oxygens (including phenoxy) is 1. The molecule has 7 rings (SSSR count). The van der Waals surface area contributed by atoms with Crippen molar-refractivity contribution in [3.05, 3.63) is 79.1 Å². The highest BCUT2D eigenvalue weighted by Gasteiger charge is 2.68. The van der Waals surface area contributed by atoms with Crippen LogP contribution in [0.15, 0.2) is 62.3 Å². The summed E-state index contributed by atoms with van der Waals surface area (Å²) in [7, 11) is 0. The van der Waals surface area contributed by atoms with E-state index < -0.39 is 5.92 Å². The Bertz CT molecular complexity index is 1710. The molecule has 4 aliphatic rings. The van der Waals surface area contributed by atoms with Crippen molar-refractivity contribution < 1.29 is 14.3 Å². The molecule has 3 aromatic rings. The topological polar surface area (TPSA) is 119 Å². The zero-order valence-electron chi connectivity index (χ0n) is 27.8. The first-order valence-electron chi connectivity index (χ1n) is 16.1. The van der Waals surface area contributed by atoms with Crippen molar-refractivity contribution in [2.45, 2.75) is 85.5 Å². The van der Waals surface area contributed by atoms with E-state index in [1.165, 1.54) is 0 Å². The fourth-order valence-electron chi connectivity index (χ4n) is 8.61. The number of carbonyl (C=O) groups is 2. The van der Waals surface area contributed by atoms with Crippen LogP contribution in [-0.4, -0.2) is 28.1 Å². The average Bonchev–Trinajstić information content (AvgIpc) is 3.64. The van der Waals surface area contributed by atoms with E-state index in [0.29, 0.717) is 12.5 Å². The summed E-state index contributed by atoms with van der Waals surface area (Å²) in [6.45, 7) is 15.3. The van der Waals surface area contributed by atoms with E-state index >= 15 is 0 Å². The number of anilines is 1. The lowest BCUT2D eigenvalue weighted by Crippen LogP contribution is -2.36. The number of Topliss-reactive ketones (excluding diaryl/α,β-unsaturated/α-hetero) is 1. The van der Waals surface area contributed by atoms with Crippen LogP contribution < -0.4 is 16.8 Å². The zero-order chi connectivity index (χ0) is 33.8. The Labute approximate surface area is 288 Å². The van der Waals surface area contributed by atoms with E-state index in [2.05, 4.69) is 77.0 Å². The number of H-pyrrole nitrogens is 1. The predicted molar refractivity (Wildman–Crippen MR) is 189 cm³/mol. The number of fused-ring (bicyclic) bond motifs is 7. The molecule has 0 amide bonds. The van der Waals surface area contributed by atoms with Crippen LogP contribution in [0.4, 0.5) is 5.69 Å². The van der Waals surface area contributed by atoms with Gasteiger partial charge in [-0.2, -0.15) is 0 Å². The highest BCUT2D eigenvalue weighted by Crippen LogP contribution is 2.67. The van der Waals surface area contributed by atoms with Crippen LogP contribution in [-0.2, 0) is 19.7 Å². The van der Waals surface area contributed by atoms with Gasteiger partial charge in [0.05, 0.1) is 12.3 Å². The summed E-state index contributed by atoms with van der Waals surface area (Å²) >= 11 is 6.78. The summed E-state index contributed by atoms with van der Waals surface area (Å²) in [6.07, 6.45) is 4.18. The maximum atomic E-state index is 12.9. The minimum Gasteiger partial charge on any atom is -0.465 e. The molecular formula is C36H46Br2N4O4. The number of rotatable bonds is 4. The molecule has 5 atom stereocenters. The van der Waals surface area contributed by atoms with E-state index in [1.54, 1.807) is 11.6 Å². The second-order valence-corrected chi connectivity index (χ2v) is 16.4. The second kappa shape index (κ2) is 12.4. The smallest absolute Gasteiger partial charge is 0.316 e. The van der Waals surface area contributed by atoms with Gasteiger partial charge in [-0.25, -0.2) is 4.68 Å². The van der Waals surface area contributed by atoms with Gasteiger partial charge in [0.2, 0.25) is 0 Å². The molecular weight excluding hydrogens is 712 g/mol. The number of nitrogens with zero attached hydrogens (tertiary/aromatic N) is 1. The van der Waals surface area contributed by atoms with E-state index in [1.807, 2.05) is 55.5 Å². The Morgan fingerprint density at radius 2 is 1.59 bits per heavy atom. The maximum Gasteiger partial charge on any atom is 0.316 e. The lowest BCUT2D eigenvalue weighted by Gasteiger charge is -2.34. The van der Waals surface area contributed by atoms with Crippen molar-refractivity contribution in [2.24, 2.45) is 33.9 Å². The highest BCUT2D eigenvalue weighted by atomic mass is 79.9. The summed E-state index contributed by atoms with van der Waals surface area (Å²) in [4.78, 5) is 37.1. The molecule has 4 bridgehead atoms. The van der Waals surface area contributed by atoms with Gasteiger partial charge < -0.3 is 10.2 Å². The van der Waals surface area contributed by atoms with Crippen molar-refractivity contribution in [3.8, 4) is 5.69 Å². The van der Waals surface area contributed by atoms with Crippen molar-refractivity contribution in [1.29, 1.82) is 0 Å². The summed E-state index contributed by atoms with van der Waals surface area (Å²) in [5.74, 6) is 4.99. The molecule has 10 heteroatoms. The Hall–Kier alpha value is -2.69. The van der Waals surface area contributed by atoms with Gasteiger partial charge in [-0.05, 0) is 91.7 Å². The second-order valence-electron chi connectivity index (χ2n) is 14.6. The van der Waals surface area contributed by atoms with Crippen LogP contribution in [0.25, 0.3) is 5.69 Å². The molecule has 248 valence electrons. The van der Waals surface area contributed by atoms with Crippen LogP contribution in [0.5, 0.6) is 0 Å². The first-order valence-corrected chi connectivity index (χ1v) is 17.7. The van der Waals surface area contributed by atoms with Crippen LogP contribution in [0, 0.1) is 28.1 Å². The minimum atomic E-state index is -0.506. The van der Waals surface area contributed by atoms with Crippen molar-refractivity contribution >= 4 is 49.3 Å². The number of nitrogens with two attached hydrogens (primary N) is 1. The van der Waals surface area contributed by atoms with Gasteiger partial charge in [-0.3, -0.25) is 25.3 Å². The number of nitrogens with one attached hydrogen (secondary N) is 2. The predicted octanol–water partition coefficient (Wildman–Crippen LogP) is 8.03. The van der Waals surface area contributed by atoms with E-state index in [4.69, 9.17) is 10.6 Å². The minimum absolute atomic E-state index is 0.0679. The van der Waals surface area contributed by atoms with Crippen LogP contribution >= 0.6 is 31.9 Å². The molecule has 2 aromatic carbocycles. The Kier molecular flexibility index (Phi) is 9.34. The summed E-state index contributed by atoms with van der Waals surface area (Å²) < 4.78 is 8.75. The van der Waals surface area contributed by atoms with E-state index in [-0.39, 0.29) is 44.9 Å². The number of nitrogen functional groups attached to an aromatic ring is 1. The normalized spacial score (nSPS) is 28.9. The number of hydrogen-bond acceptors (Lipinski definition) is 6. The van der Waals surface area contributed by atoms with Crippen molar-refractivity contribution in [3.63, 3.8) is 0 Å². The molecule has 46 heavy (non-hydrogen) atoms. The van der Waals surface area contributed by atoms with Crippen LogP contribution in [0.1, 0.15) is 91.3 Å². The molecule has 1 unspecified atom stereocenters. The number of benzene rings is 2. The molecule has 8 nitrogen and oxygen atoms in total. The maximum absolute atomic E-state index is 12.9. The summed E-state index contributed by atoms with van der Waals surface area (Å²) in [5.41, 5.74) is 6.51. The molecule has 0 spiro atoms. The van der Waals surface area contributed by atoms with Gasteiger partial charge in [-0.1, -0.05) is 85.5 Å². The third-order valence-corrected chi connectivity index (χ3v) is 13.2. The third-order valence-electron chi connectivity index (χ3n) is 12.2. The standard InChI is InChI=1S/C17H19BrN2O.C13H20O3.C6H7BrN2/c1-16(2)12-7-8-17(16,3)14-13(12)15(21)20(19-14)11-6-4-5-10(18)9-11;1-5-16-11(15)9-8-6-7-13(4,10(9)14)12(8,2)3;7-5-2-1-3-6(4-5)9-8/h4-6,9,12,19H,7-8H2,1-3H3;8-9H,5-7H2,1-4H3;1-4,9H,8H2/t12-,17+;8-,9?,13+;/m11./s1. The molecule has 0 aliphatic heterocycles. The van der Waals surface area contributed by atoms with E-state index in [0.717, 1.165) is 57.3 Å². The van der Waals surface area contributed by atoms with Gasteiger partial charge >= 0.3 is 5.97 Å². The monoisotopic (exact) mass is 756 g/mol. The van der Waals surface area contributed by atoms with Crippen LogP contribution in [0.3, 0.4) is 0 Å². The van der Waals surface area contributed by atoms with E-state index in [9.17, 15) is 14.4 Å². The molecule has 0 radical (unpaired) electrons. The number of esters is 1. The van der Waals surface area contributed by atoms with Gasteiger partial charge in [-0.15, -0.1) is 0 Å². The Morgan fingerprint density at radius 1 is 0.957 bits per heavy atom. The number of hydrogen-bond donors (Lipinski definition) is 3. The first-order chi connectivity index (χ1) is 21.5.